The molecule has 0 saturated heterocycles. The number of anilines is 1. The van der Waals surface area contributed by atoms with Crippen LogP contribution in [0.1, 0.15) is 16.1 Å². The molecule has 5 nitrogen and oxygen atoms in total. The third-order valence-electron chi connectivity index (χ3n) is 2.45. The summed E-state index contributed by atoms with van der Waals surface area (Å²) in [5.74, 6) is -1.12. The van der Waals surface area contributed by atoms with Crippen LogP contribution >= 0.6 is 0 Å². The normalized spacial score (nSPS) is 11.2. The van der Waals surface area contributed by atoms with Gasteiger partial charge >= 0.3 is 6.18 Å². The second-order valence-electron chi connectivity index (χ2n) is 3.89. The first-order chi connectivity index (χ1) is 9.31. The highest BCUT2D eigenvalue weighted by Gasteiger charge is 2.34. The summed E-state index contributed by atoms with van der Waals surface area (Å²) in [7, 11) is 0. The Balaban J connectivity index is 3.36. The van der Waals surface area contributed by atoms with Crippen molar-refractivity contribution in [2.24, 2.45) is 5.73 Å². The molecule has 0 fully saturated rings. The number of aromatic nitrogens is 1. The molecule has 8 heteroatoms. The zero-order chi connectivity index (χ0) is 15.3. The van der Waals surface area contributed by atoms with Crippen LogP contribution in [-0.2, 0) is 6.18 Å². The van der Waals surface area contributed by atoms with Crippen molar-refractivity contribution in [3.63, 3.8) is 0 Å². The molecule has 0 aliphatic rings. The molecule has 0 atom stereocenters. The van der Waals surface area contributed by atoms with E-state index in [2.05, 4.69) is 11.6 Å². The summed E-state index contributed by atoms with van der Waals surface area (Å²) in [4.78, 5) is 16.0. The van der Waals surface area contributed by atoms with Crippen molar-refractivity contribution in [1.29, 1.82) is 0 Å². The van der Waals surface area contributed by atoms with Gasteiger partial charge in [0.15, 0.2) is 0 Å². The molecular formula is C12H14F3N3O2. The number of hydrogen-bond acceptors (Lipinski definition) is 4. The van der Waals surface area contributed by atoms with Crippen LogP contribution in [0.25, 0.3) is 0 Å². The Bertz CT molecular complexity index is 503. The number of aliphatic hydroxyl groups excluding tert-OH is 1. The van der Waals surface area contributed by atoms with Crippen molar-refractivity contribution in [3.05, 3.63) is 36.0 Å². The van der Waals surface area contributed by atoms with Gasteiger partial charge in [-0.05, 0) is 12.1 Å². The predicted molar refractivity (Wildman–Crippen MR) is 67.3 cm³/mol. The lowest BCUT2D eigenvalue weighted by molar-refractivity contribution is -0.141. The molecule has 1 aromatic rings. The molecule has 0 radical (unpaired) electrons. The zero-order valence-corrected chi connectivity index (χ0v) is 10.5. The molecule has 0 unspecified atom stereocenters. The summed E-state index contributed by atoms with van der Waals surface area (Å²) < 4.78 is 38.0. The maximum absolute atomic E-state index is 12.7. The summed E-state index contributed by atoms with van der Waals surface area (Å²) in [5, 5.41) is 8.94. The number of carbonyl (C=O) groups excluding carboxylic acids is 1. The van der Waals surface area contributed by atoms with E-state index in [4.69, 9.17) is 10.8 Å². The molecule has 1 rings (SSSR count). The zero-order valence-electron chi connectivity index (χ0n) is 10.5. The first-order valence-corrected chi connectivity index (χ1v) is 5.66. The van der Waals surface area contributed by atoms with Gasteiger partial charge in [0.25, 0.3) is 5.91 Å². The number of aliphatic hydroxyl groups is 1. The Hall–Kier alpha value is -2.09. The average molecular weight is 289 g/mol. The van der Waals surface area contributed by atoms with Crippen LogP contribution in [0.3, 0.4) is 0 Å². The highest BCUT2D eigenvalue weighted by molar-refractivity contribution is 5.97. The number of nitrogens with zero attached hydrogens (tertiary/aromatic N) is 2. The smallest absolute Gasteiger partial charge is 0.395 e. The van der Waals surface area contributed by atoms with E-state index in [1.165, 1.54) is 11.0 Å². The van der Waals surface area contributed by atoms with E-state index in [-0.39, 0.29) is 31.1 Å². The van der Waals surface area contributed by atoms with Crippen LogP contribution in [0.5, 0.6) is 0 Å². The maximum atomic E-state index is 12.7. The second-order valence-corrected chi connectivity index (χ2v) is 3.89. The molecular weight excluding hydrogens is 275 g/mol. The SMILES string of the molecule is C=CCN(CCO)c1nc(C(F)(F)F)ccc1C(N)=O. The molecule has 3 N–H and O–H groups in total. The summed E-state index contributed by atoms with van der Waals surface area (Å²) >= 11 is 0. The minimum atomic E-state index is -4.63. The number of carbonyl (C=O) groups is 1. The van der Waals surface area contributed by atoms with Crippen molar-refractivity contribution in [3.8, 4) is 0 Å². The number of hydrogen-bond donors (Lipinski definition) is 2. The van der Waals surface area contributed by atoms with Crippen LogP contribution < -0.4 is 10.6 Å². The van der Waals surface area contributed by atoms with Crippen molar-refractivity contribution < 1.29 is 23.1 Å². The first kappa shape index (κ1) is 16.0. The lowest BCUT2D eigenvalue weighted by atomic mass is 10.2. The number of pyridine rings is 1. The molecule has 1 amide bonds. The third kappa shape index (κ3) is 3.70. The largest absolute Gasteiger partial charge is 0.433 e. The number of primary amides is 1. The fourth-order valence-corrected chi connectivity index (χ4v) is 1.60. The maximum Gasteiger partial charge on any atom is 0.433 e. The van der Waals surface area contributed by atoms with Crippen molar-refractivity contribution in [1.82, 2.24) is 4.98 Å². The van der Waals surface area contributed by atoms with E-state index in [0.717, 1.165) is 6.07 Å². The van der Waals surface area contributed by atoms with Crippen LogP contribution in [0.15, 0.2) is 24.8 Å². The summed E-state index contributed by atoms with van der Waals surface area (Å²) in [5.41, 5.74) is 3.85. The lowest BCUT2D eigenvalue weighted by Gasteiger charge is -2.23. The molecule has 20 heavy (non-hydrogen) atoms. The van der Waals surface area contributed by atoms with Gasteiger partial charge in [0.05, 0.1) is 12.2 Å². The second kappa shape index (κ2) is 6.38. The Labute approximate surface area is 113 Å². The fourth-order valence-electron chi connectivity index (χ4n) is 1.60. The summed E-state index contributed by atoms with van der Waals surface area (Å²) in [6.07, 6.45) is -3.22. The van der Waals surface area contributed by atoms with Crippen molar-refractivity contribution >= 4 is 11.7 Å². The number of rotatable bonds is 6. The molecule has 0 aliphatic heterocycles. The minimum Gasteiger partial charge on any atom is -0.395 e. The van der Waals surface area contributed by atoms with Crippen LogP contribution in [0.4, 0.5) is 19.0 Å². The molecule has 0 spiro atoms. The predicted octanol–water partition coefficient (Wildman–Crippen LogP) is 1.18. The van der Waals surface area contributed by atoms with E-state index in [1.54, 1.807) is 0 Å². The van der Waals surface area contributed by atoms with E-state index in [1.807, 2.05) is 0 Å². The van der Waals surface area contributed by atoms with Gasteiger partial charge in [0.1, 0.15) is 11.5 Å². The fraction of sp³-hybridized carbons (Fsp3) is 0.333. The Morgan fingerprint density at radius 2 is 2.15 bits per heavy atom. The van der Waals surface area contributed by atoms with Gasteiger partial charge in [-0.25, -0.2) is 4.98 Å². The van der Waals surface area contributed by atoms with Crippen LogP contribution in [0, 0.1) is 0 Å². The van der Waals surface area contributed by atoms with Gasteiger partial charge in [-0.2, -0.15) is 13.2 Å². The topological polar surface area (TPSA) is 79.4 Å². The number of nitrogens with two attached hydrogens (primary N) is 1. The van der Waals surface area contributed by atoms with E-state index in [0.29, 0.717) is 6.07 Å². The Morgan fingerprint density at radius 1 is 1.50 bits per heavy atom. The van der Waals surface area contributed by atoms with Crippen molar-refractivity contribution in [2.75, 3.05) is 24.6 Å². The van der Waals surface area contributed by atoms with Gasteiger partial charge < -0.3 is 15.7 Å². The van der Waals surface area contributed by atoms with Crippen molar-refractivity contribution in [2.45, 2.75) is 6.18 Å². The van der Waals surface area contributed by atoms with E-state index < -0.39 is 17.8 Å². The van der Waals surface area contributed by atoms with Gasteiger partial charge in [-0.1, -0.05) is 6.08 Å². The van der Waals surface area contributed by atoms with Gasteiger partial charge in [0, 0.05) is 13.1 Å². The highest BCUT2D eigenvalue weighted by Crippen LogP contribution is 2.30. The standard InChI is InChI=1S/C12H14F3N3O2/c1-2-5-18(6-7-19)11-8(10(16)20)3-4-9(17-11)12(13,14)15/h2-4,19H,1,5-7H2,(H2,16,20). The Kier molecular flexibility index (Phi) is 5.09. The summed E-state index contributed by atoms with van der Waals surface area (Å²) in [6, 6.07) is 1.66. The number of amides is 1. The van der Waals surface area contributed by atoms with Gasteiger partial charge in [-0.3, -0.25) is 4.79 Å². The average Bonchev–Trinajstić information content (AvgIpc) is 2.36. The molecule has 0 aromatic carbocycles. The van der Waals surface area contributed by atoms with Gasteiger partial charge in [-0.15, -0.1) is 6.58 Å². The lowest BCUT2D eigenvalue weighted by Crippen LogP contribution is -2.31. The van der Waals surface area contributed by atoms with Crippen LogP contribution in [0.2, 0.25) is 0 Å². The van der Waals surface area contributed by atoms with Gasteiger partial charge in [0.2, 0.25) is 0 Å². The molecule has 110 valence electrons. The quantitative estimate of drug-likeness (QED) is 0.771. The monoisotopic (exact) mass is 289 g/mol. The molecule has 0 saturated carbocycles. The Morgan fingerprint density at radius 3 is 2.60 bits per heavy atom. The first-order valence-electron chi connectivity index (χ1n) is 5.66. The van der Waals surface area contributed by atoms with Crippen LogP contribution in [-0.4, -0.2) is 35.7 Å². The van der Waals surface area contributed by atoms with E-state index >= 15 is 0 Å². The summed E-state index contributed by atoms with van der Waals surface area (Å²) in [6.45, 7) is 3.27. The molecule has 0 aliphatic carbocycles. The molecule has 0 bridgehead atoms. The number of halogens is 3. The third-order valence-corrected chi connectivity index (χ3v) is 2.45. The number of alkyl halides is 3. The molecule has 1 aromatic heterocycles. The molecule has 1 heterocycles. The van der Waals surface area contributed by atoms with E-state index in [9.17, 15) is 18.0 Å². The highest BCUT2D eigenvalue weighted by atomic mass is 19.4. The minimum absolute atomic E-state index is 0.000606.